The summed E-state index contributed by atoms with van der Waals surface area (Å²) < 4.78 is 17.6. The zero-order chi connectivity index (χ0) is 43.3. The fourth-order valence-electron chi connectivity index (χ4n) is 7.80. The Hall–Kier alpha value is -5.49. The van der Waals surface area contributed by atoms with Gasteiger partial charge < -0.3 is 35.9 Å². The fourth-order valence-corrected chi connectivity index (χ4v) is 7.80. The molecule has 59 heavy (non-hydrogen) atoms. The van der Waals surface area contributed by atoms with Crippen LogP contribution in [0.3, 0.4) is 0 Å². The number of carbonyl (C=O) groups excluding carboxylic acids is 3. The molecule has 0 saturated carbocycles. The van der Waals surface area contributed by atoms with Gasteiger partial charge in [-0.15, -0.1) is 0 Å². The normalized spacial score (nSPS) is 15.2. The number of hydrogen-bond acceptors (Lipinski definition) is 9. The maximum absolute atomic E-state index is 12.4. The van der Waals surface area contributed by atoms with Crippen LogP contribution in [0.15, 0.2) is 60.9 Å². The third kappa shape index (κ3) is 11.8. The number of benzene rings is 2. The molecule has 0 unspecified atom stereocenters. The third-order valence-electron chi connectivity index (χ3n) is 9.96. The summed E-state index contributed by atoms with van der Waals surface area (Å²) in [5.41, 5.74) is 13.4. The molecule has 0 radical (unpaired) electrons. The van der Waals surface area contributed by atoms with E-state index in [1.165, 1.54) is 0 Å². The number of aromatic nitrogens is 2. The zero-order valence-electron chi connectivity index (χ0n) is 36.6. The van der Waals surface area contributed by atoms with Crippen LogP contribution < -0.4 is 31.2 Å². The Morgan fingerprint density at radius 3 is 1.61 bits per heavy atom. The van der Waals surface area contributed by atoms with E-state index in [0.717, 1.165) is 69.1 Å². The van der Waals surface area contributed by atoms with E-state index in [0.29, 0.717) is 49.3 Å². The summed E-state index contributed by atoms with van der Waals surface area (Å²) in [5, 5.41) is 8.67. The number of carbonyl (C=O) groups is 3. The molecule has 6 rings (SSSR count). The minimum Gasteiger partial charge on any atom is -0.491 e. The maximum atomic E-state index is 12.4. The van der Waals surface area contributed by atoms with Gasteiger partial charge in [0.1, 0.15) is 30.3 Å². The minimum absolute atomic E-state index is 0.0614. The van der Waals surface area contributed by atoms with Gasteiger partial charge in [-0.1, -0.05) is 39.8 Å². The molecule has 12 nitrogen and oxygen atoms in total. The SMILES string of the molecule is Cc1cc(-c2ccnc3c2C(=O)NC3)ccc1OC[C@@](C)(N)CC(C)C.Cc1cc(-c2ccnc3c2C(=O)NC3)ccc1OC[C@](C)(CC(C)C)NC(=O)OC(C)(C)C. The highest BCUT2D eigenvalue weighted by molar-refractivity contribution is 6.04. The molecule has 0 aliphatic carbocycles. The summed E-state index contributed by atoms with van der Waals surface area (Å²) >= 11 is 0. The summed E-state index contributed by atoms with van der Waals surface area (Å²) in [6, 6.07) is 15.6. The van der Waals surface area contributed by atoms with E-state index >= 15 is 0 Å². The van der Waals surface area contributed by atoms with Gasteiger partial charge in [-0.05, 0) is 143 Å². The van der Waals surface area contributed by atoms with Crippen LogP contribution in [0, 0.1) is 25.7 Å². The number of nitrogens with zero attached hydrogens (tertiary/aromatic N) is 2. The summed E-state index contributed by atoms with van der Waals surface area (Å²) in [6.07, 6.45) is 4.67. The number of hydrogen-bond donors (Lipinski definition) is 4. The first-order valence-electron chi connectivity index (χ1n) is 20.4. The van der Waals surface area contributed by atoms with Crippen LogP contribution in [-0.4, -0.2) is 57.8 Å². The van der Waals surface area contributed by atoms with E-state index in [-0.39, 0.29) is 17.4 Å². The number of alkyl carbamates (subject to hydrolysis) is 1. The highest BCUT2D eigenvalue weighted by atomic mass is 16.6. The Morgan fingerprint density at radius 1 is 0.729 bits per heavy atom. The molecule has 2 atom stereocenters. The van der Waals surface area contributed by atoms with Gasteiger partial charge in [0.05, 0.1) is 41.1 Å². The minimum atomic E-state index is -0.592. The first-order valence-corrected chi connectivity index (χ1v) is 20.4. The number of aryl methyl sites for hydroxylation is 2. The molecule has 3 amide bonds. The lowest BCUT2D eigenvalue weighted by Crippen LogP contribution is -2.52. The van der Waals surface area contributed by atoms with Gasteiger partial charge in [0, 0.05) is 17.9 Å². The van der Waals surface area contributed by atoms with E-state index in [1.54, 1.807) is 12.4 Å². The van der Waals surface area contributed by atoms with E-state index < -0.39 is 17.2 Å². The van der Waals surface area contributed by atoms with Crippen LogP contribution in [0.1, 0.15) is 118 Å². The van der Waals surface area contributed by atoms with Crippen LogP contribution in [-0.2, 0) is 17.8 Å². The number of amides is 3. The van der Waals surface area contributed by atoms with Crippen molar-refractivity contribution in [2.75, 3.05) is 13.2 Å². The molecule has 0 spiro atoms. The van der Waals surface area contributed by atoms with Crippen LogP contribution >= 0.6 is 0 Å². The zero-order valence-corrected chi connectivity index (χ0v) is 36.6. The molecule has 0 fully saturated rings. The van der Waals surface area contributed by atoms with Crippen molar-refractivity contribution in [1.29, 1.82) is 0 Å². The van der Waals surface area contributed by atoms with Crippen LogP contribution in [0.2, 0.25) is 0 Å². The molecule has 0 bridgehead atoms. The van der Waals surface area contributed by atoms with Gasteiger partial charge in [0.25, 0.3) is 11.8 Å². The largest absolute Gasteiger partial charge is 0.491 e. The van der Waals surface area contributed by atoms with Crippen molar-refractivity contribution in [3.05, 3.63) is 94.6 Å². The van der Waals surface area contributed by atoms with Gasteiger partial charge in [0.15, 0.2) is 0 Å². The van der Waals surface area contributed by atoms with E-state index in [4.69, 9.17) is 19.9 Å². The molecular formula is C47H62N6O6. The van der Waals surface area contributed by atoms with Crippen molar-refractivity contribution < 1.29 is 28.6 Å². The topological polar surface area (TPSA) is 167 Å². The van der Waals surface area contributed by atoms with Crippen molar-refractivity contribution in [2.24, 2.45) is 17.6 Å². The smallest absolute Gasteiger partial charge is 0.408 e. The van der Waals surface area contributed by atoms with E-state index in [2.05, 4.69) is 53.6 Å². The molecular weight excluding hydrogens is 745 g/mol. The second-order valence-electron chi connectivity index (χ2n) is 18.3. The molecule has 5 N–H and O–H groups in total. The van der Waals surface area contributed by atoms with E-state index in [9.17, 15) is 14.4 Å². The summed E-state index contributed by atoms with van der Waals surface area (Å²) in [5.74, 6) is 2.28. The summed E-state index contributed by atoms with van der Waals surface area (Å²) in [4.78, 5) is 45.4. The average Bonchev–Trinajstić information content (AvgIpc) is 3.71. The van der Waals surface area contributed by atoms with Gasteiger partial charge >= 0.3 is 6.09 Å². The van der Waals surface area contributed by atoms with Gasteiger partial charge in [-0.2, -0.15) is 0 Å². The predicted molar refractivity (Wildman–Crippen MR) is 231 cm³/mol. The molecule has 2 aromatic heterocycles. The number of ether oxygens (including phenoxy) is 3. The molecule has 2 aliphatic rings. The van der Waals surface area contributed by atoms with Gasteiger partial charge in [0.2, 0.25) is 0 Å². The second-order valence-corrected chi connectivity index (χ2v) is 18.3. The number of rotatable bonds is 13. The van der Waals surface area contributed by atoms with Crippen LogP contribution in [0.25, 0.3) is 22.3 Å². The van der Waals surface area contributed by atoms with Crippen molar-refractivity contribution in [3.8, 4) is 33.8 Å². The number of fused-ring (bicyclic) bond motifs is 2. The molecule has 0 saturated heterocycles. The lowest BCUT2D eigenvalue weighted by molar-refractivity contribution is 0.0407. The molecule has 4 heterocycles. The molecule has 2 aromatic carbocycles. The maximum Gasteiger partial charge on any atom is 0.408 e. The summed E-state index contributed by atoms with van der Waals surface area (Å²) in [6.45, 7) is 23.8. The van der Waals surface area contributed by atoms with Crippen LogP contribution in [0.4, 0.5) is 4.79 Å². The Balaban J connectivity index is 0.000000230. The summed E-state index contributed by atoms with van der Waals surface area (Å²) in [7, 11) is 0. The quantitative estimate of drug-likeness (QED) is 0.104. The number of pyridine rings is 2. The Kier molecular flexibility index (Phi) is 13.8. The monoisotopic (exact) mass is 806 g/mol. The number of nitrogens with two attached hydrogens (primary N) is 1. The molecule has 316 valence electrons. The molecule has 12 heteroatoms. The standard InChI is InChI=1S/C26H35N3O4.C21H27N3O2/c1-16(2)13-26(7,29-24(31)33-25(4,5)6)15-32-21-9-8-18(12-17(21)3)19-10-11-27-20-14-28-23(30)22(19)20;1-13(2)10-21(4,22)12-26-18-6-5-15(9-14(18)3)16-7-8-23-17-11-24-20(25)19(16)17/h8-12,16H,13-15H2,1-7H3,(H,28,30)(H,29,31);5-9,13H,10-12,22H2,1-4H3,(H,24,25)/t26-;21-/m00/s1. The highest BCUT2D eigenvalue weighted by Gasteiger charge is 2.32. The highest BCUT2D eigenvalue weighted by Crippen LogP contribution is 2.33. The van der Waals surface area contributed by atoms with Gasteiger partial charge in [-0.25, -0.2) is 4.79 Å². The molecule has 2 aliphatic heterocycles. The second kappa shape index (κ2) is 18.2. The van der Waals surface area contributed by atoms with Crippen molar-refractivity contribution in [2.45, 2.75) is 119 Å². The number of nitrogens with one attached hydrogen (secondary N) is 3. The lowest BCUT2D eigenvalue weighted by Gasteiger charge is -2.33. The Labute approximate surface area is 349 Å². The van der Waals surface area contributed by atoms with Crippen LogP contribution in [0.5, 0.6) is 11.5 Å². The lowest BCUT2D eigenvalue weighted by atomic mass is 9.91. The third-order valence-corrected chi connectivity index (χ3v) is 9.96. The first-order chi connectivity index (χ1) is 27.6. The van der Waals surface area contributed by atoms with Gasteiger partial charge in [-0.3, -0.25) is 19.6 Å². The molecule has 4 aromatic rings. The van der Waals surface area contributed by atoms with Crippen molar-refractivity contribution in [1.82, 2.24) is 25.9 Å². The van der Waals surface area contributed by atoms with Crippen molar-refractivity contribution in [3.63, 3.8) is 0 Å². The predicted octanol–water partition coefficient (Wildman–Crippen LogP) is 8.45. The Morgan fingerprint density at radius 2 is 1.19 bits per heavy atom. The fraction of sp³-hybridized carbons (Fsp3) is 0.468. The van der Waals surface area contributed by atoms with E-state index in [1.807, 2.05) is 97.0 Å². The average molecular weight is 807 g/mol. The Bertz CT molecular complexity index is 2170. The van der Waals surface area contributed by atoms with Crippen molar-refractivity contribution >= 4 is 17.9 Å². The first kappa shape index (κ1) is 44.6.